The van der Waals surface area contributed by atoms with Gasteiger partial charge in [0.25, 0.3) is 0 Å². The summed E-state index contributed by atoms with van der Waals surface area (Å²) in [5.41, 5.74) is 3.42. The van der Waals surface area contributed by atoms with Crippen molar-refractivity contribution in [1.82, 2.24) is 10.6 Å². The predicted molar refractivity (Wildman–Crippen MR) is 79.9 cm³/mol. The van der Waals surface area contributed by atoms with Crippen LogP contribution in [-0.4, -0.2) is 24.1 Å². The zero-order valence-electron chi connectivity index (χ0n) is 12.5. The summed E-state index contributed by atoms with van der Waals surface area (Å²) in [6, 6.07) is 3.77. The SMILES string of the molecule is CCCNC(=O)CNC1CC(C)c2c(C)ccc(O)c21. The molecule has 0 saturated heterocycles. The highest BCUT2D eigenvalue weighted by Gasteiger charge is 2.32. The van der Waals surface area contributed by atoms with E-state index in [2.05, 4.69) is 24.5 Å². The molecule has 4 nitrogen and oxygen atoms in total. The lowest BCUT2D eigenvalue weighted by Crippen LogP contribution is -2.35. The lowest BCUT2D eigenvalue weighted by Gasteiger charge is -2.15. The van der Waals surface area contributed by atoms with E-state index in [0.29, 0.717) is 24.8 Å². The third-order valence-electron chi connectivity index (χ3n) is 3.99. The van der Waals surface area contributed by atoms with Gasteiger partial charge in [-0.15, -0.1) is 0 Å². The Morgan fingerprint density at radius 3 is 2.85 bits per heavy atom. The van der Waals surface area contributed by atoms with E-state index >= 15 is 0 Å². The van der Waals surface area contributed by atoms with E-state index in [0.717, 1.165) is 18.4 Å². The average molecular weight is 276 g/mol. The standard InChI is InChI=1S/C16H24N2O2/c1-4-7-17-14(20)9-18-12-8-11(3)15-10(2)5-6-13(19)16(12)15/h5-6,11-12,18-19H,4,7-9H2,1-3H3,(H,17,20). The molecule has 20 heavy (non-hydrogen) atoms. The molecule has 1 aliphatic rings. The third-order valence-corrected chi connectivity index (χ3v) is 3.99. The van der Waals surface area contributed by atoms with Gasteiger partial charge in [0.05, 0.1) is 6.54 Å². The Labute approximate surface area is 120 Å². The Kier molecular flexibility index (Phi) is 4.65. The highest BCUT2D eigenvalue weighted by molar-refractivity contribution is 5.78. The molecular weight excluding hydrogens is 252 g/mol. The van der Waals surface area contributed by atoms with Gasteiger partial charge < -0.3 is 15.7 Å². The van der Waals surface area contributed by atoms with Crippen molar-refractivity contribution in [2.24, 2.45) is 0 Å². The van der Waals surface area contributed by atoms with Gasteiger partial charge in [-0.25, -0.2) is 0 Å². The van der Waals surface area contributed by atoms with Gasteiger partial charge in [-0.1, -0.05) is 19.9 Å². The fourth-order valence-corrected chi connectivity index (χ4v) is 3.07. The molecule has 1 aliphatic carbocycles. The van der Waals surface area contributed by atoms with Crippen molar-refractivity contribution in [3.8, 4) is 5.75 Å². The molecule has 0 fully saturated rings. The Morgan fingerprint density at radius 2 is 2.15 bits per heavy atom. The highest BCUT2D eigenvalue weighted by atomic mass is 16.3. The van der Waals surface area contributed by atoms with E-state index < -0.39 is 0 Å². The van der Waals surface area contributed by atoms with Crippen LogP contribution < -0.4 is 10.6 Å². The lowest BCUT2D eigenvalue weighted by atomic mass is 9.97. The smallest absolute Gasteiger partial charge is 0.233 e. The van der Waals surface area contributed by atoms with Gasteiger partial charge in [0.2, 0.25) is 5.91 Å². The first-order valence-electron chi connectivity index (χ1n) is 7.37. The Morgan fingerprint density at radius 1 is 1.40 bits per heavy atom. The van der Waals surface area contributed by atoms with Crippen molar-refractivity contribution in [2.45, 2.75) is 45.6 Å². The van der Waals surface area contributed by atoms with Crippen LogP contribution in [-0.2, 0) is 4.79 Å². The summed E-state index contributed by atoms with van der Waals surface area (Å²) in [5, 5.41) is 16.2. The summed E-state index contributed by atoms with van der Waals surface area (Å²) in [4.78, 5) is 11.7. The molecule has 0 spiro atoms. The van der Waals surface area contributed by atoms with Crippen LogP contribution in [0.1, 0.15) is 55.3 Å². The van der Waals surface area contributed by atoms with E-state index in [1.54, 1.807) is 6.07 Å². The van der Waals surface area contributed by atoms with Crippen molar-refractivity contribution in [3.63, 3.8) is 0 Å². The van der Waals surface area contributed by atoms with E-state index in [4.69, 9.17) is 0 Å². The number of fused-ring (bicyclic) bond motifs is 1. The molecule has 2 unspecified atom stereocenters. The molecule has 1 amide bonds. The van der Waals surface area contributed by atoms with Gasteiger partial charge in [-0.2, -0.15) is 0 Å². The van der Waals surface area contributed by atoms with E-state index in [-0.39, 0.29) is 11.9 Å². The second-order valence-electron chi connectivity index (χ2n) is 5.65. The van der Waals surface area contributed by atoms with Gasteiger partial charge in [0, 0.05) is 18.2 Å². The minimum Gasteiger partial charge on any atom is -0.508 e. The second kappa shape index (κ2) is 6.27. The molecule has 0 aromatic heterocycles. The quantitative estimate of drug-likeness (QED) is 0.773. The van der Waals surface area contributed by atoms with Crippen LogP contribution in [0, 0.1) is 6.92 Å². The van der Waals surface area contributed by atoms with Gasteiger partial charge in [0.15, 0.2) is 0 Å². The van der Waals surface area contributed by atoms with Crippen molar-refractivity contribution in [1.29, 1.82) is 0 Å². The van der Waals surface area contributed by atoms with Crippen LogP contribution >= 0.6 is 0 Å². The molecule has 1 aromatic carbocycles. The van der Waals surface area contributed by atoms with E-state index in [1.807, 2.05) is 13.0 Å². The van der Waals surface area contributed by atoms with Crippen LogP contribution in [0.15, 0.2) is 12.1 Å². The molecule has 0 bridgehead atoms. The van der Waals surface area contributed by atoms with Gasteiger partial charge in [0.1, 0.15) is 5.75 Å². The number of benzene rings is 1. The predicted octanol–water partition coefficient (Wildman–Crippen LogP) is 2.36. The Hall–Kier alpha value is -1.55. The molecule has 4 heteroatoms. The number of nitrogens with one attached hydrogen (secondary N) is 2. The highest BCUT2D eigenvalue weighted by Crippen LogP contribution is 2.45. The summed E-state index contributed by atoms with van der Waals surface area (Å²) < 4.78 is 0. The first kappa shape index (κ1) is 14.9. The van der Waals surface area contributed by atoms with Gasteiger partial charge >= 0.3 is 0 Å². The summed E-state index contributed by atoms with van der Waals surface area (Å²) in [5.74, 6) is 0.759. The van der Waals surface area contributed by atoms with Gasteiger partial charge in [-0.3, -0.25) is 4.79 Å². The summed E-state index contributed by atoms with van der Waals surface area (Å²) in [7, 11) is 0. The van der Waals surface area contributed by atoms with Crippen molar-refractivity contribution in [3.05, 3.63) is 28.8 Å². The molecule has 110 valence electrons. The zero-order valence-corrected chi connectivity index (χ0v) is 12.5. The molecule has 0 radical (unpaired) electrons. The maximum absolute atomic E-state index is 11.7. The van der Waals surface area contributed by atoms with Crippen LogP contribution in [0.2, 0.25) is 0 Å². The average Bonchev–Trinajstić information content (AvgIpc) is 2.76. The topological polar surface area (TPSA) is 61.4 Å². The molecule has 2 atom stereocenters. The number of carbonyl (C=O) groups excluding carboxylic acids is 1. The molecule has 0 saturated carbocycles. The fourth-order valence-electron chi connectivity index (χ4n) is 3.07. The third kappa shape index (κ3) is 2.96. The molecule has 3 N–H and O–H groups in total. The zero-order chi connectivity index (χ0) is 14.7. The number of aryl methyl sites for hydroxylation is 1. The number of carbonyl (C=O) groups is 1. The van der Waals surface area contributed by atoms with Gasteiger partial charge in [-0.05, 0) is 42.9 Å². The van der Waals surface area contributed by atoms with E-state index in [1.165, 1.54) is 11.1 Å². The Bertz CT molecular complexity index is 499. The van der Waals surface area contributed by atoms with Crippen molar-refractivity contribution < 1.29 is 9.90 Å². The van der Waals surface area contributed by atoms with Crippen LogP contribution in [0.25, 0.3) is 0 Å². The molecule has 2 rings (SSSR count). The van der Waals surface area contributed by atoms with Crippen LogP contribution in [0.3, 0.4) is 0 Å². The number of hydrogen-bond donors (Lipinski definition) is 3. The maximum Gasteiger partial charge on any atom is 0.233 e. The fraction of sp³-hybridized carbons (Fsp3) is 0.562. The minimum absolute atomic E-state index is 0.0140. The number of phenols is 1. The second-order valence-corrected chi connectivity index (χ2v) is 5.65. The summed E-state index contributed by atoms with van der Waals surface area (Å²) in [6.45, 7) is 7.28. The first-order chi connectivity index (χ1) is 9.54. The monoisotopic (exact) mass is 276 g/mol. The number of amides is 1. The van der Waals surface area contributed by atoms with E-state index in [9.17, 15) is 9.90 Å². The minimum atomic E-state index is 0.0140. The van der Waals surface area contributed by atoms with Crippen molar-refractivity contribution >= 4 is 5.91 Å². The molecular formula is C16H24N2O2. The van der Waals surface area contributed by atoms with Crippen molar-refractivity contribution in [2.75, 3.05) is 13.1 Å². The molecule has 0 heterocycles. The molecule has 0 aliphatic heterocycles. The first-order valence-corrected chi connectivity index (χ1v) is 7.37. The number of rotatable bonds is 5. The largest absolute Gasteiger partial charge is 0.508 e. The number of phenolic OH excluding ortho intramolecular Hbond substituents is 1. The Balaban J connectivity index is 2.07. The number of hydrogen-bond acceptors (Lipinski definition) is 3. The normalized spacial score (nSPS) is 20.8. The lowest BCUT2D eigenvalue weighted by molar-refractivity contribution is -0.120. The molecule has 1 aromatic rings. The van der Waals surface area contributed by atoms with Crippen LogP contribution in [0.5, 0.6) is 5.75 Å². The maximum atomic E-state index is 11.7. The summed E-state index contributed by atoms with van der Waals surface area (Å²) in [6.07, 6.45) is 1.86. The summed E-state index contributed by atoms with van der Waals surface area (Å²) >= 11 is 0. The van der Waals surface area contributed by atoms with Crippen LogP contribution in [0.4, 0.5) is 0 Å². The number of aromatic hydroxyl groups is 1.